The van der Waals surface area contributed by atoms with Crippen LogP contribution in [0.15, 0.2) is 58.7 Å². The molecule has 1 aromatic carbocycles. The van der Waals surface area contributed by atoms with E-state index in [4.69, 9.17) is 0 Å². The van der Waals surface area contributed by atoms with Crippen LogP contribution in [-0.2, 0) is 6.54 Å². The summed E-state index contributed by atoms with van der Waals surface area (Å²) >= 11 is 0. The fourth-order valence-corrected chi connectivity index (χ4v) is 3.63. The van der Waals surface area contributed by atoms with Crippen molar-refractivity contribution in [2.75, 3.05) is 5.32 Å². The number of nitrogens with zero attached hydrogens (tertiary/aromatic N) is 7. The van der Waals surface area contributed by atoms with Gasteiger partial charge in [-0.3, -0.25) is 4.98 Å². The molecule has 0 atom stereocenters. The number of hydrogen-bond donors (Lipinski definition) is 4. The van der Waals surface area contributed by atoms with Gasteiger partial charge in [0.1, 0.15) is 5.69 Å². The summed E-state index contributed by atoms with van der Waals surface area (Å²) < 4.78 is 3.37. The number of H-pyrrole nitrogens is 2. The van der Waals surface area contributed by atoms with E-state index >= 15 is 0 Å². The topological polar surface area (TPSA) is 154 Å². The van der Waals surface area contributed by atoms with E-state index in [-0.39, 0.29) is 17.6 Å². The molecule has 0 bridgehead atoms. The molecular weight excluding hydrogens is 436 g/mol. The van der Waals surface area contributed by atoms with Crippen LogP contribution in [0.5, 0.6) is 5.88 Å². The van der Waals surface area contributed by atoms with Gasteiger partial charge in [-0.05, 0) is 36.6 Å². The molecule has 4 N–H and O–H groups in total. The average molecular weight is 456 g/mol. The van der Waals surface area contributed by atoms with Crippen molar-refractivity contribution in [2.24, 2.45) is 4.99 Å². The Kier molecular flexibility index (Phi) is 4.68. The van der Waals surface area contributed by atoms with E-state index in [1.807, 2.05) is 41.2 Å². The third-order valence-corrected chi connectivity index (χ3v) is 5.44. The van der Waals surface area contributed by atoms with Crippen LogP contribution in [0.4, 0.5) is 5.95 Å². The van der Waals surface area contributed by atoms with Crippen LogP contribution in [0.3, 0.4) is 0 Å². The van der Waals surface area contributed by atoms with E-state index in [1.165, 1.54) is 0 Å². The summed E-state index contributed by atoms with van der Waals surface area (Å²) in [6.07, 6.45) is 8.86. The number of nitrogens with one attached hydrogen (secondary N) is 3. The summed E-state index contributed by atoms with van der Waals surface area (Å²) in [5, 5.41) is 22.5. The van der Waals surface area contributed by atoms with Crippen molar-refractivity contribution in [1.82, 2.24) is 39.3 Å². The SMILES string of the molecule is O=c1[nH]c(O)c(/C=c2/cnn3c(=NC4CC4)nc(NCc4ccccc4-n4cccn4)nc23)[nH]1. The lowest BCUT2D eigenvalue weighted by molar-refractivity contribution is 0.454. The molecule has 4 heterocycles. The Morgan fingerprint density at radius 1 is 1.18 bits per heavy atom. The van der Waals surface area contributed by atoms with E-state index in [9.17, 15) is 9.90 Å². The van der Waals surface area contributed by atoms with Gasteiger partial charge in [0.15, 0.2) is 5.65 Å². The van der Waals surface area contributed by atoms with Crippen LogP contribution in [0.1, 0.15) is 24.1 Å². The molecule has 1 fully saturated rings. The molecule has 0 amide bonds. The van der Waals surface area contributed by atoms with Crippen molar-refractivity contribution >= 4 is 17.7 Å². The van der Waals surface area contributed by atoms with E-state index < -0.39 is 5.69 Å². The monoisotopic (exact) mass is 456 g/mol. The normalized spacial score (nSPS) is 14.8. The number of aromatic hydroxyl groups is 1. The minimum absolute atomic E-state index is 0.230. The van der Waals surface area contributed by atoms with Crippen molar-refractivity contribution in [3.63, 3.8) is 0 Å². The Labute approximate surface area is 191 Å². The Morgan fingerprint density at radius 2 is 2.06 bits per heavy atom. The number of aromatic amines is 2. The Balaban J connectivity index is 1.41. The lowest BCUT2D eigenvalue weighted by Crippen LogP contribution is -2.25. The highest BCUT2D eigenvalue weighted by atomic mass is 16.3. The molecule has 12 heteroatoms. The van der Waals surface area contributed by atoms with Gasteiger partial charge in [0.05, 0.1) is 17.9 Å². The number of imidazole rings is 1. The minimum Gasteiger partial charge on any atom is -0.493 e. The number of aromatic nitrogens is 8. The zero-order chi connectivity index (χ0) is 23.1. The van der Waals surface area contributed by atoms with Crippen LogP contribution < -0.4 is 21.8 Å². The van der Waals surface area contributed by atoms with Gasteiger partial charge in [0, 0.05) is 24.2 Å². The highest BCUT2D eigenvalue weighted by Crippen LogP contribution is 2.22. The van der Waals surface area contributed by atoms with E-state index in [0.717, 1.165) is 24.1 Å². The van der Waals surface area contributed by atoms with Crippen molar-refractivity contribution in [3.8, 4) is 11.6 Å². The van der Waals surface area contributed by atoms with Crippen molar-refractivity contribution in [3.05, 3.63) is 81.5 Å². The Bertz CT molecular complexity index is 1660. The molecule has 4 aromatic heterocycles. The predicted octanol–water partition coefficient (Wildman–Crippen LogP) is 0.255. The van der Waals surface area contributed by atoms with Gasteiger partial charge in [-0.1, -0.05) is 18.2 Å². The zero-order valence-corrected chi connectivity index (χ0v) is 17.9. The van der Waals surface area contributed by atoms with Gasteiger partial charge in [-0.2, -0.15) is 24.7 Å². The molecule has 0 spiro atoms. The Hall–Kier alpha value is -4.74. The highest BCUT2D eigenvalue weighted by Gasteiger charge is 2.21. The van der Waals surface area contributed by atoms with Gasteiger partial charge >= 0.3 is 5.69 Å². The number of benzene rings is 1. The second-order valence-corrected chi connectivity index (χ2v) is 7.96. The number of fused-ring (bicyclic) bond motifs is 1. The first-order chi connectivity index (χ1) is 16.6. The highest BCUT2D eigenvalue weighted by molar-refractivity contribution is 5.57. The number of hydrogen-bond acceptors (Lipinski definition) is 8. The maximum Gasteiger partial charge on any atom is 0.326 e. The van der Waals surface area contributed by atoms with Crippen LogP contribution >= 0.6 is 0 Å². The van der Waals surface area contributed by atoms with Crippen LogP contribution in [-0.4, -0.2) is 50.5 Å². The molecule has 170 valence electrons. The second kappa shape index (κ2) is 7.99. The number of anilines is 1. The number of rotatable bonds is 6. The summed E-state index contributed by atoms with van der Waals surface area (Å²) in [5.41, 5.74) is 2.65. The molecule has 0 aliphatic heterocycles. The van der Waals surface area contributed by atoms with Crippen molar-refractivity contribution < 1.29 is 5.11 Å². The minimum atomic E-state index is -0.502. The molecule has 1 saturated carbocycles. The first kappa shape index (κ1) is 19.9. The molecule has 1 aliphatic carbocycles. The van der Waals surface area contributed by atoms with Crippen LogP contribution in [0.2, 0.25) is 0 Å². The van der Waals surface area contributed by atoms with E-state index in [1.54, 1.807) is 23.0 Å². The van der Waals surface area contributed by atoms with Crippen LogP contribution in [0.25, 0.3) is 17.4 Å². The summed E-state index contributed by atoms with van der Waals surface area (Å²) in [6.45, 7) is 0.466. The zero-order valence-electron chi connectivity index (χ0n) is 17.9. The van der Waals surface area contributed by atoms with Gasteiger partial charge in [0.25, 0.3) is 5.62 Å². The maximum atomic E-state index is 11.5. The lowest BCUT2D eigenvalue weighted by Gasteiger charge is -2.10. The van der Waals surface area contributed by atoms with Gasteiger partial charge in [-0.25, -0.2) is 14.5 Å². The van der Waals surface area contributed by atoms with Gasteiger partial charge in [-0.15, -0.1) is 0 Å². The molecule has 6 rings (SSSR count). The fraction of sp³-hybridized carbons (Fsp3) is 0.182. The third kappa shape index (κ3) is 3.81. The van der Waals surface area contributed by atoms with Crippen molar-refractivity contribution in [1.29, 1.82) is 0 Å². The summed E-state index contributed by atoms with van der Waals surface area (Å²) in [4.78, 5) is 30.3. The first-order valence-electron chi connectivity index (χ1n) is 10.8. The van der Waals surface area contributed by atoms with Gasteiger partial charge < -0.3 is 15.4 Å². The predicted molar refractivity (Wildman–Crippen MR) is 122 cm³/mol. The summed E-state index contributed by atoms with van der Waals surface area (Å²) in [6, 6.07) is 10.0. The molecule has 34 heavy (non-hydrogen) atoms. The molecule has 0 radical (unpaired) electrons. The molecule has 5 aromatic rings. The smallest absolute Gasteiger partial charge is 0.326 e. The standard InChI is InChI=1S/C22H20N10O2/c33-19-16(27-22(34)29-19)10-14-12-25-32-18(14)28-20(30-21(32)26-15-6-7-15)23-11-13-4-1-2-5-17(13)31-9-3-8-24-31/h1-5,8-10,12,15,33H,6-7,11H2,(H,23,26,30)(H2,27,29,34)/b14-10-. The van der Waals surface area contributed by atoms with Crippen LogP contribution in [0, 0.1) is 0 Å². The van der Waals surface area contributed by atoms with Gasteiger partial charge in [0.2, 0.25) is 11.8 Å². The summed E-state index contributed by atoms with van der Waals surface area (Å²) in [7, 11) is 0. The van der Waals surface area contributed by atoms with E-state index in [0.29, 0.717) is 29.0 Å². The molecule has 0 unspecified atom stereocenters. The average Bonchev–Trinajstić information content (AvgIpc) is 3.20. The lowest BCUT2D eigenvalue weighted by atomic mass is 10.2. The van der Waals surface area contributed by atoms with Crippen molar-refractivity contribution in [2.45, 2.75) is 25.4 Å². The molecule has 1 aliphatic rings. The molecule has 12 nitrogen and oxygen atoms in total. The molecular formula is C22H20N10O2. The summed E-state index contributed by atoms with van der Waals surface area (Å²) in [5.74, 6) is 0.138. The molecule has 0 saturated heterocycles. The third-order valence-electron chi connectivity index (χ3n) is 5.44. The quantitative estimate of drug-likeness (QED) is 0.286. The number of para-hydroxylation sites is 1. The Morgan fingerprint density at radius 3 is 2.82 bits per heavy atom. The van der Waals surface area contributed by atoms with E-state index in [2.05, 4.69) is 40.4 Å². The fourth-order valence-electron chi connectivity index (χ4n) is 3.63. The second-order valence-electron chi connectivity index (χ2n) is 7.96. The first-order valence-corrected chi connectivity index (χ1v) is 10.8. The maximum absolute atomic E-state index is 11.5. The largest absolute Gasteiger partial charge is 0.493 e.